The van der Waals surface area contributed by atoms with E-state index in [1.807, 2.05) is 20.9 Å². The van der Waals surface area contributed by atoms with Crippen molar-refractivity contribution < 1.29 is 4.74 Å². The first kappa shape index (κ1) is 15.3. The molecule has 0 fully saturated rings. The molecular formula is C16H22N4O. The SMILES string of the molecule is CCOc1ncnc(N(C)Cc2ccc(CN)cc2)c1C. The van der Waals surface area contributed by atoms with Crippen molar-refractivity contribution in [2.45, 2.75) is 26.9 Å². The Kier molecular flexibility index (Phi) is 5.11. The Morgan fingerprint density at radius 1 is 1.14 bits per heavy atom. The smallest absolute Gasteiger partial charge is 0.221 e. The summed E-state index contributed by atoms with van der Waals surface area (Å²) in [5, 5.41) is 0. The molecule has 0 saturated carbocycles. The highest BCUT2D eigenvalue weighted by Crippen LogP contribution is 2.24. The molecule has 2 aromatic rings. The quantitative estimate of drug-likeness (QED) is 0.882. The van der Waals surface area contributed by atoms with E-state index in [0.29, 0.717) is 19.0 Å². The van der Waals surface area contributed by atoms with E-state index in [0.717, 1.165) is 23.5 Å². The Bertz CT molecular complexity index is 583. The second-order valence-electron chi connectivity index (χ2n) is 4.94. The molecule has 0 aliphatic rings. The molecular weight excluding hydrogens is 264 g/mol. The Balaban J connectivity index is 2.15. The Morgan fingerprint density at radius 2 is 1.81 bits per heavy atom. The van der Waals surface area contributed by atoms with Crippen LogP contribution in [0, 0.1) is 6.92 Å². The number of ether oxygens (including phenoxy) is 1. The molecule has 5 heteroatoms. The lowest BCUT2D eigenvalue weighted by Crippen LogP contribution is -2.19. The number of nitrogens with two attached hydrogens (primary N) is 1. The van der Waals surface area contributed by atoms with Gasteiger partial charge < -0.3 is 15.4 Å². The largest absolute Gasteiger partial charge is 0.478 e. The first-order chi connectivity index (χ1) is 10.2. The number of hydrogen-bond acceptors (Lipinski definition) is 5. The molecule has 0 amide bonds. The zero-order valence-electron chi connectivity index (χ0n) is 12.8. The van der Waals surface area contributed by atoms with Crippen LogP contribution in [-0.4, -0.2) is 23.6 Å². The Hall–Kier alpha value is -2.14. The van der Waals surface area contributed by atoms with Crippen molar-refractivity contribution in [1.82, 2.24) is 9.97 Å². The van der Waals surface area contributed by atoms with Crippen LogP contribution in [0.3, 0.4) is 0 Å². The van der Waals surface area contributed by atoms with E-state index in [9.17, 15) is 0 Å². The number of aromatic nitrogens is 2. The van der Waals surface area contributed by atoms with Crippen LogP contribution >= 0.6 is 0 Å². The summed E-state index contributed by atoms with van der Waals surface area (Å²) in [7, 11) is 2.02. The number of hydrogen-bond donors (Lipinski definition) is 1. The van der Waals surface area contributed by atoms with Crippen LogP contribution < -0.4 is 15.4 Å². The predicted octanol–water partition coefficient (Wildman–Crippen LogP) is 2.28. The van der Waals surface area contributed by atoms with E-state index >= 15 is 0 Å². The number of rotatable bonds is 6. The van der Waals surface area contributed by atoms with Gasteiger partial charge >= 0.3 is 0 Å². The summed E-state index contributed by atoms with van der Waals surface area (Å²) in [4.78, 5) is 10.6. The molecule has 2 N–H and O–H groups in total. The van der Waals surface area contributed by atoms with Gasteiger partial charge in [0.1, 0.15) is 12.1 Å². The molecule has 1 aromatic heterocycles. The van der Waals surface area contributed by atoms with Crippen molar-refractivity contribution in [3.63, 3.8) is 0 Å². The van der Waals surface area contributed by atoms with Gasteiger partial charge in [0.05, 0.1) is 12.2 Å². The fourth-order valence-corrected chi connectivity index (χ4v) is 2.22. The summed E-state index contributed by atoms with van der Waals surface area (Å²) in [6.07, 6.45) is 1.54. The van der Waals surface area contributed by atoms with Gasteiger partial charge in [0.25, 0.3) is 0 Å². The Labute approximate surface area is 125 Å². The number of benzene rings is 1. The third-order valence-electron chi connectivity index (χ3n) is 3.33. The van der Waals surface area contributed by atoms with Crippen molar-refractivity contribution in [3.05, 3.63) is 47.3 Å². The topological polar surface area (TPSA) is 64.3 Å². The minimum atomic E-state index is 0.568. The maximum Gasteiger partial charge on any atom is 0.221 e. The molecule has 0 spiro atoms. The fourth-order valence-electron chi connectivity index (χ4n) is 2.22. The summed E-state index contributed by atoms with van der Waals surface area (Å²) < 4.78 is 5.52. The lowest BCUT2D eigenvalue weighted by Gasteiger charge is -2.21. The minimum absolute atomic E-state index is 0.568. The average molecular weight is 286 g/mol. The van der Waals surface area contributed by atoms with Gasteiger partial charge in [-0.05, 0) is 25.0 Å². The second kappa shape index (κ2) is 7.04. The van der Waals surface area contributed by atoms with Crippen molar-refractivity contribution in [2.75, 3.05) is 18.6 Å². The van der Waals surface area contributed by atoms with Crippen LogP contribution in [-0.2, 0) is 13.1 Å². The lowest BCUT2D eigenvalue weighted by molar-refractivity contribution is 0.323. The maximum absolute atomic E-state index is 5.62. The van der Waals surface area contributed by atoms with Crippen LogP contribution in [0.2, 0.25) is 0 Å². The highest BCUT2D eigenvalue weighted by atomic mass is 16.5. The zero-order valence-corrected chi connectivity index (χ0v) is 12.8. The molecule has 0 unspecified atom stereocenters. The van der Waals surface area contributed by atoms with Gasteiger partial charge in [-0.25, -0.2) is 9.97 Å². The summed E-state index contributed by atoms with van der Waals surface area (Å²) in [5.41, 5.74) is 8.93. The molecule has 2 rings (SSSR count). The van der Waals surface area contributed by atoms with Gasteiger partial charge in [-0.2, -0.15) is 0 Å². The van der Waals surface area contributed by atoms with E-state index in [2.05, 4.69) is 39.1 Å². The molecule has 0 aliphatic heterocycles. The number of nitrogens with zero attached hydrogens (tertiary/aromatic N) is 3. The van der Waals surface area contributed by atoms with Gasteiger partial charge in [0.15, 0.2) is 0 Å². The third kappa shape index (κ3) is 3.70. The van der Waals surface area contributed by atoms with Crippen molar-refractivity contribution in [1.29, 1.82) is 0 Å². The molecule has 1 aromatic carbocycles. The molecule has 1 heterocycles. The van der Waals surface area contributed by atoms with E-state index in [-0.39, 0.29) is 0 Å². The van der Waals surface area contributed by atoms with Crippen LogP contribution in [0.5, 0.6) is 5.88 Å². The highest BCUT2D eigenvalue weighted by molar-refractivity contribution is 5.50. The second-order valence-corrected chi connectivity index (χ2v) is 4.94. The predicted molar refractivity (Wildman–Crippen MR) is 84.4 cm³/mol. The van der Waals surface area contributed by atoms with E-state index < -0.39 is 0 Å². The normalized spacial score (nSPS) is 10.5. The maximum atomic E-state index is 5.62. The summed E-state index contributed by atoms with van der Waals surface area (Å²) in [6.45, 7) is 5.87. The van der Waals surface area contributed by atoms with E-state index in [1.54, 1.807) is 6.33 Å². The third-order valence-corrected chi connectivity index (χ3v) is 3.33. The van der Waals surface area contributed by atoms with Crippen LogP contribution in [0.15, 0.2) is 30.6 Å². The molecule has 21 heavy (non-hydrogen) atoms. The first-order valence-corrected chi connectivity index (χ1v) is 7.09. The molecule has 0 radical (unpaired) electrons. The molecule has 112 valence electrons. The van der Waals surface area contributed by atoms with Crippen molar-refractivity contribution in [3.8, 4) is 5.88 Å². The van der Waals surface area contributed by atoms with Gasteiger partial charge in [0.2, 0.25) is 5.88 Å². The van der Waals surface area contributed by atoms with Crippen LogP contribution in [0.25, 0.3) is 0 Å². The van der Waals surface area contributed by atoms with Gasteiger partial charge in [0, 0.05) is 20.1 Å². The first-order valence-electron chi connectivity index (χ1n) is 7.09. The van der Waals surface area contributed by atoms with Gasteiger partial charge in [-0.1, -0.05) is 24.3 Å². The summed E-state index contributed by atoms with van der Waals surface area (Å²) >= 11 is 0. The summed E-state index contributed by atoms with van der Waals surface area (Å²) in [5.74, 6) is 1.53. The van der Waals surface area contributed by atoms with Crippen LogP contribution in [0.4, 0.5) is 5.82 Å². The van der Waals surface area contributed by atoms with E-state index in [4.69, 9.17) is 10.5 Å². The van der Waals surface area contributed by atoms with Crippen molar-refractivity contribution >= 4 is 5.82 Å². The average Bonchev–Trinajstić information content (AvgIpc) is 2.50. The standard InChI is InChI=1S/C16H22N4O/c1-4-21-16-12(2)15(18-11-19-16)20(3)10-14-7-5-13(9-17)6-8-14/h5-8,11H,4,9-10,17H2,1-3H3. The zero-order chi connectivity index (χ0) is 15.2. The molecule has 0 bridgehead atoms. The van der Waals surface area contributed by atoms with Gasteiger partial charge in [-0.3, -0.25) is 0 Å². The molecule has 0 atom stereocenters. The van der Waals surface area contributed by atoms with Crippen molar-refractivity contribution in [2.24, 2.45) is 5.73 Å². The highest BCUT2D eigenvalue weighted by Gasteiger charge is 2.12. The fraction of sp³-hybridized carbons (Fsp3) is 0.375. The molecule has 5 nitrogen and oxygen atoms in total. The van der Waals surface area contributed by atoms with E-state index in [1.165, 1.54) is 5.56 Å². The minimum Gasteiger partial charge on any atom is -0.478 e. The molecule has 0 saturated heterocycles. The van der Waals surface area contributed by atoms with Gasteiger partial charge in [-0.15, -0.1) is 0 Å². The molecule has 0 aliphatic carbocycles. The Morgan fingerprint density at radius 3 is 2.43 bits per heavy atom. The lowest BCUT2D eigenvalue weighted by atomic mass is 10.1. The van der Waals surface area contributed by atoms with Crippen LogP contribution in [0.1, 0.15) is 23.6 Å². The monoisotopic (exact) mass is 286 g/mol. The summed E-state index contributed by atoms with van der Waals surface area (Å²) in [6, 6.07) is 8.31. The number of anilines is 1.